The largest absolute Gasteiger partial charge is 0.398 e. The summed E-state index contributed by atoms with van der Waals surface area (Å²) < 4.78 is 0. The van der Waals surface area contributed by atoms with Crippen molar-refractivity contribution in [3.05, 3.63) is 23.8 Å². The van der Waals surface area contributed by atoms with Gasteiger partial charge in [0.2, 0.25) is 5.91 Å². The van der Waals surface area contributed by atoms with Gasteiger partial charge in [0.25, 0.3) is 0 Å². The highest BCUT2D eigenvalue weighted by molar-refractivity contribution is 8.00. The molecule has 0 atom stereocenters. The first-order chi connectivity index (χ1) is 9.99. The monoisotopic (exact) mass is 306 g/mol. The fourth-order valence-corrected chi connectivity index (χ4v) is 3.83. The number of hydrogen-bond donors (Lipinski definition) is 1. The lowest BCUT2D eigenvalue weighted by Crippen LogP contribution is -2.40. The van der Waals surface area contributed by atoms with E-state index in [4.69, 9.17) is 5.73 Å². The van der Waals surface area contributed by atoms with Gasteiger partial charge < -0.3 is 10.6 Å². The van der Waals surface area contributed by atoms with E-state index in [0.717, 1.165) is 34.9 Å². The Morgan fingerprint density at radius 3 is 2.67 bits per heavy atom. The van der Waals surface area contributed by atoms with Crippen LogP contribution >= 0.6 is 11.8 Å². The molecule has 1 fully saturated rings. The number of carbonyl (C=O) groups excluding carboxylic acids is 1. The molecule has 2 N–H and O–H groups in total. The summed E-state index contributed by atoms with van der Waals surface area (Å²) in [5.74, 6) is 1.49. The second-order valence-corrected chi connectivity index (χ2v) is 7.21. The molecule has 0 unspecified atom stereocenters. The van der Waals surface area contributed by atoms with Crippen molar-refractivity contribution in [2.75, 3.05) is 18.5 Å². The van der Waals surface area contributed by atoms with E-state index in [1.54, 1.807) is 11.8 Å². The summed E-state index contributed by atoms with van der Waals surface area (Å²) in [6.45, 7) is 4.30. The van der Waals surface area contributed by atoms with E-state index in [1.165, 1.54) is 12.8 Å². The molecule has 116 valence electrons. The second kappa shape index (κ2) is 7.21. The minimum absolute atomic E-state index is 0.209. The molecule has 1 aliphatic carbocycles. The number of rotatable bonds is 4. The molecule has 1 saturated carbocycles. The number of para-hydroxylation sites is 1. The quantitative estimate of drug-likeness (QED) is 0.681. The number of amides is 1. The van der Waals surface area contributed by atoms with Gasteiger partial charge in [0.05, 0.1) is 5.75 Å². The molecule has 1 aromatic carbocycles. The number of benzene rings is 1. The van der Waals surface area contributed by atoms with Gasteiger partial charge in [-0.3, -0.25) is 4.79 Å². The molecule has 0 radical (unpaired) electrons. The summed E-state index contributed by atoms with van der Waals surface area (Å²) in [5, 5.41) is 0. The van der Waals surface area contributed by atoms with Gasteiger partial charge in [0, 0.05) is 23.7 Å². The average molecular weight is 306 g/mol. The van der Waals surface area contributed by atoms with E-state index < -0.39 is 0 Å². The van der Waals surface area contributed by atoms with E-state index in [9.17, 15) is 4.79 Å². The Kier molecular flexibility index (Phi) is 5.57. The van der Waals surface area contributed by atoms with Crippen molar-refractivity contribution in [3.63, 3.8) is 0 Å². The minimum atomic E-state index is 0.209. The van der Waals surface area contributed by atoms with Crippen LogP contribution in [0.3, 0.4) is 0 Å². The van der Waals surface area contributed by atoms with Crippen LogP contribution in [0.25, 0.3) is 0 Å². The van der Waals surface area contributed by atoms with Gasteiger partial charge in [-0.05, 0) is 50.2 Å². The summed E-state index contributed by atoms with van der Waals surface area (Å²) in [7, 11) is 1.95. The average Bonchev–Trinajstić information content (AvgIpc) is 2.48. The third-order valence-electron chi connectivity index (χ3n) is 4.56. The molecular weight excluding hydrogens is 280 g/mol. The van der Waals surface area contributed by atoms with Crippen LogP contribution in [-0.2, 0) is 4.79 Å². The molecule has 21 heavy (non-hydrogen) atoms. The first-order valence-electron chi connectivity index (χ1n) is 7.72. The Bertz CT molecular complexity index is 496. The fraction of sp³-hybridized carbons (Fsp3) is 0.588. The molecule has 1 aliphatic rings. The summed E-state index contributed by atoms with van der Waals surface area (Å²) in [6.07, 6.45) is 4.75. The van der Waals surface area contributed by atoms with Gasteiger partial charge in [-0.2, -0.15) is 0 Å². The van der Waals surface area contributed by atoms with E-state index in [1.807, 2.05) is 37.1 Å². The Morgan fingerprint density at radius 2 is 2.00 bits per heavy atom. The molecule has 0 spiro atoms. The standard InChI is InChI=1S/C17H26N2OS/c1-12-7-9-14(10-8-12)19(3)16(20)11-21-15-6-4-5-13(2)17(15)18/h4-6,12,14H,7-11,18H2,1-3H3. The minimum Gasteiger partial charge on any atom is -0.398 e. The molecule has 1 amide bonds. The van der Waals surface area contributed by atoms with Crippen molar-refractivity contribution in [1.29, 1.82) is 0 Å². The second-order valence-electron chi connectivity index (χ2n) is 6.19. The van der Waals surface area contributed by atoms with Crippen LogP contribution in [0.1, 0.15) is 38.2 Å². The molecular formula is C17H26N2OS. The number of nitrogens with two attached hydrogens (primary N) is 1. The van der Waals surface area contributed by atoms with E-state index in [2.05, 4.69) is 6.92 Å². The summed E-state index contributed by atoms with van der Waals surface area (Å²) >= 11 is 1.55. The normalized spacial score (nSPS) is 22.0. The lowest BCUT2D eigenvalue weighted by Gasteiger charge is -2.33. The van der Waals surface area contributed by atoms with Crippen LogP contribution < -0.4 is 5.73 Å². The van der Waals surface area contributed by atoms with Crippen LogP contribution in [0.5, 0.6) is 0 Å². The Labute approximate surface area is 132 Å². The molecule has 0 bridgehead atoms. The van der Waals surface area contributed by atoms with Crippen LogP contribution in [0.15, 0.2) is 23.1 Å². The lowest BCUT2D eigenvalue weighted by molar-refractivity contribution is -0.129. The third-order valence-corrected chi connectivity index (χ3v) is 5.62. The highest BCUT2D eigenvalue weighted by atomic mass is 32.2. The lowest BCUT2D eigenvalue weighted by atomic mass is 9.87. The Morgan fingerprint density at radius 1 is 1.33 bits per heavy atom. The molecule has 1 aromatic rings. The predicted octanol–water partition coefficient (Wildman–Crippen LogP) is 3.71. The van der Waals surface area contributed by atoms with E-state index >= 15 is 0 Å². The molecule has 4 heteroatoms. The van der Waals surface area contributed by atoms with Gasteiger partial charge in [0.15, 0.2) is 0 Å². The topological polar surface area (TPSA) is 46.3 Å². The van der Waals surface area contributed by atoms with Gasteiger partial charge in [-0.1, -0.05) is 19.1 Å². The maximum Gasteiger partial charge on any atom is 0.232 e. The van der Waals surface area contributed by atoms with Crippen molar-refractivity contribution < 1.29 is 4.79 Å². The molecule has 0 aromatic heterocycles. The van der Waals surface area contributed by atoms with Crippen LogP contribution in [0.4, 0.5) is 5.69 Å². The van der Waals surface area contributed by atoms with Gasteiger partial charge in [0.1, 0.15) is 0 Å². The van der Waals surface area contributed by atoms with E-state index in [-0.39, 0.29) is 5.91 Å². The zero-order chi connectivity index (χ0) is 15.4. The van der Waals surface area contributed by atoms with Crippen LogP contribution in [0, 0.1) is 12.8 Å². The first-order valence-corrected chi connectivity index (χ1v) is 8.71. The molecule has 3 nitrogen and oxygen atoms in total. The fourth-order valence-electron chi connectivity index (χ4n) is 2.85. The van der Waals surface area contributed by atoms with Crippen LogP contribution in [0.2, 0.25) is 0 Å². The Balaban J connectivity index is 1.88. The molecule has 0 heterocycles. The van der Waals surface area contributed by atoms with Crippen molar-refractivity contribution in [2.24, 2.45) is 5.92 Å². The number of thioether (sulfide) groups is 1. The molecule has 2 rings (SSSR count). The highest BCUT2D eigenvalue weighted by Crippen LogP contribution is 2.29. The maximum absolute atomic E-state index is 12.4. The first kappa shape index (κ1) is 16.2. The summed E-state index contributed by atoms with van der Waals surface area (Å²) in [5.41, 5.74) is 7.92. The van der Waals surface area contributed by atoms with Crippen molar-refractivity contribution >= 4 is 23.4 Å². The van der Waals surface area contributed by atoms with Gasteiger partial charge >= 0.3 is 0 Å². The summed E-state index contributed by atoms with van der Waals surface area (Å²) in [6, 6.07) is 6.40. The van der Waals surface area contributed by atoms with Crippen molar-refractivity contribution in [3.8, 4) is 0 Å². The predicted molar refractivity (Wildman–Crippen MR) is 90.5 cm³/mol. The zero-order valence-electron chi connectivity index (χ0n) is 13.3. The van der Waals surface area contributed by atoms with Crippen molar-refractivity contribution in [1.82, 2.24) is 4.90 Å². The number of hydrogen-bond acceptors (Lipinski definition) is 3. The summed E-state index contributed by atoms with van der Waals surface area (Å²) in [4.78, 5) is 15.3. The van der Waals surface area contributed by atoms with Gasteiger partial charge in [-0.25, -0.2) is 0 Å². The molecule has 0 saturated heterocycles. The van der Waals surface area contributed by atoms with Crippen molar-refractivity contribution in [2.45, 2.75) is 50.5 Å². The number of nitrogens with zero attached hydrogens (tertiary/aromatic N) is 1. The van der Waals surface area contributed by atoms with Gasteiger partial charge in [-0.15, -0.1) is 11.8 Å². The number of aryl methyl sites for hydroxylation is 1. The SMILES string of the molecule is Cc1cccc(SCC(=O)N(C)C2CCC(C)CC2)c1N. The zero-order valence-corrected chi connectivity index (χ0v) is 14.1. The third kappa shape index (κ3) is 4.16. The number of carbonyl (C=O) groups is 1. The smallest absolute Gasteiger partial charge is 0.232 e. The highest BCUT2D eigenvalue weighted by Gasteiger charge is 2.24. The molecule has 0 aliphatic heterocycles. The Hall–Kier alpha value is -1.16. The van der Waals surface area contributed by atoms with E-state index in [0.29, 0.717) is 11.8 Å². The maximum atomic E-state index is 12.4. The van der Waals surface area contributed by atoms with Crippen LogP contribution in [-0.4, -0.2) is 29.6 Å². The number of anilines is 1. The number of nitrogen functional groups attached to an aromatic ring is 1.